The number of likely N-dealkylation sites (tertiary alicyclic amines) is 1. The highest BCUT2D eigenvalue weighted by Crippen LogP contribution is 2.18. The molecule has 1 aliphatic heterocycles. The van der Waals surface area contributed by atoms with Crippen molar-refractivity contribution in [1.82, 2.24) is 15.1 Å². The highest BCUT2D eigenvalue weighted by atomic mass is 15.2. The molecule has 3 nitrogen and oxygen atoms in total. The fourth-order valence-electron chi connectivity index (χ4n) is 2.83. The summed E-state index contributed by atoms with van der Waals surface area (Å²) in [4.78, 5) is 4.94. The number of nitrogens with one attached hydrogen (secondary N) is 1. The summed E-state index contributed by atoms with van der Waals surface area (Å²) in [6.07, 6.45) is 2.42. The van der Waals surface area contributed by atoms with E-state index in [0.717, 1.165) is 25.6 Å². The lowest BCUT2D eigenvalue weighted by Gasteiger charge is -2.21. The number of hydrogen-bond donors (Lipinski definition) is 1. The number of rotatable bonds is 6. The molecule has 19 heavy (non-hydrogen) atoms. The number of hydrogen-bond acceptors (Lipinski definition) is 3. The van der Waals surface area contributed by atoms with Crippen molar-refractivity contribution in [2.75, 3.05) is 40.8 Å². The second kappa shape index (κ2) is 7.04. The molecular weight excluding hydrogens is 234 g/mol. The van der Waals surface area contributed by atoms with Crippen LogP contribution in [-0.2, 0) is 13.0 Å². The molecule has 0 amide bonds. The molecule has 1 heterocycles. The molecule has 1 N–H and O–H groups in total. The lowest BCUT2D eigenvalue weighted by Crippen LogP contribution is -2.31. The SMILES string of the molecule is CNCCc1ccccc1CN1CCC(N(C)C)C1. The van der Waals surface area contributed by atoms with E-state index >= 15 is 0 Å². The minimum Gasteiger partial charge on any atom is -0.319 e. The van der Waals surface area contributed by atoms with Gasteiger partial charge in [-0.2, -0.15) is 0 Å². The van der Waals surface area contributed by atoms with Crippen molar-refractivity contribution in [3.8, 4) is 0 Å². The Bertz CT molecular complexity index is 389. The first-order valence-corrected chi connectivity index (χ1v) is 7.31. The molecule has 0 spiro atoms. The summed E-state index contributed by atoms with van der Waals surface area (Å²) in [5, 5.41) is 3.24. The van der Waals surface area contributed by atoms with Crippen LogP contribution in [0.5, 0.6) is 0 Å². The predicted octanol–water partition coefficient (Wildman–Crippen LogP) is 1.58. The molecule has 0 aliphatic carbocycles. The second-order valence-corrected chi connectivity index (χ2v) is 5.76. The summed E-state index contributed by atoms with van der Waals surface area (Å²) in [7, 11) is 6.40. The van der Waals surface area contributed by atoms with Crippen molar-refractivity contribution in [2.24, 2.45) is 0 Å². The molecule has 0 saturated carbocycles. The van der Waals surface area contributed by atoms with Gasteiger partial charge in [0.2, 0.25) is 0 Å². The maximum absolute atomic E-state index is 3.24. The zero-order valence-corrected chi connectivity index (χ0v) is 12.5. The van der Waals surface area contributed by atoms with E-state index in [2.05, 4.69) is 53.5 Å². The van der Waals surface area contributed by atoms with Crippen molar-refractivity contribution in [3.05, 3.63) is 35.4 Å². The van der Waals surface area contributed by atoms with Gasteiger partial charge in [0.1, 0.15) is 0 Å². The highest BCUT2D eigenvalue weighted by molar-refractivity contribution is 5.27. The van der Waals surface area contributed by atoms with Gasteiger partial charge in [0.25, 0.3) is 0 Å². The fraction of sp³-hybridized carbons (Fsp3) is 0.625. The van der Waals surface area contributed by atoms with E-state index in [9.17, 15) is 0 Å². The van der Waals surface area contributed by atoms with E-state index < -0.39 is 0 Å². The van der Waals surface area contributed by atoms with Gasteiger partial charge in [-0.25, -0.2) is 0 Å². The Kier molecular flexibility index (Phi) is 5.37. The number of benzene rings is 1. The van der Waals surface area contributed by atoms with Gasteiger partial charge >= 0.3 is 0 Å². The van der Waals surface area contributed by atoms with Crippen LogP contribution in [0.3, 0.4) is 0 Å². The van der Waals surface area contributed by atoms with Crippen LogP contribution in [0, 0.1) is 0 Å². The zero-order chi connectivity index (χ0) is 13.7. The molecule has 1 aromatic rings. The molecule has 1 aliphatic rings. The minimum atomic E-state index is 0.726. The topological polar surface area (TPSA) is 18.5 Å². The zero-order valence-electron chi connectivity index (χ0n) is 12.5. The average Bonchev–Trinajstić information content (AvgIpc) is 2.86. The Balaban J connectivity index is 1.95. The van der Waals surface area contributed by atoms with Crippen molar-refractivity contribution in [2.45, 2.75) is 25.4 Å². The molecule has 1 unspecified atom stereocenters. The summed E-state index contributed by atoms with van der Waals surface area (Å²) >= 11 is 0. The first kappa shape index (κ1) is 14.5. The smallest absolute Gasteiger partial charge is 0.0237 e. The molecule has 106 valence electrons. The van der Waals surface area contributed by atoms with E-state index in [0.29, 0.717) is 0 Å². The van der Waals surface area contributed by atoms with Crippen molar-refractivity contribution < 1.29 is 0 Å². The van der Waals surface area contributed by atoms with Gasteiger partial charge < -0.3 is 10.2 Å². The number of likely N-dealkylation sites (N-methyl/N-ethyl adjacent to an activating group) is 2. The lowest BCUT2D eigenvalue weighted by atomic mass is 10.0. The average molecular weight is 261 g/mol. The van der Waals surface area contributed by atoms with Crippen LogP contribution in [0.1, 0.15) is 17.5 Å². The Morgan fingerprint density at radius 1 is 1.26 bits per heavy atom. The van der Waals surface area contributed by atoms with Crippen molar-refractivity contribution in [1.29, 1.82) is 0 Å². The summed E-state index contributed by atoms with van der Waals surface area (Å²) in [5.74, 6) is 0. The molecule has 3 heteroatoms. The molecule has 1 atom stereocenters. The van der Waals surface area contributed by atoms with Gasteiger partial charge in [-0.3, -0.25) is 4.90 Å². The molecular formula is C16H27N3. The van der Waals surface area contributed by atoms with Gasteiger partial charge in [-0.1, -0.05) is 24.3 Å². The summed E-state index contributed by atoms with van der Waals surface area (Å²) < 4.78 is 0. The van der Waals surface area contributed by atoms with Crippen LogP contribution in [-0.4, -0.2) is 56.6 Å². The van der Waals surface area contributed by atoms with Gasteiger partial charge in [0.05, 0.1) is 0 Å². The highest BCUT2D eigenvalue weighted by Gasteiger charge is 2.24. The molecule has 2 rings (SSSR count). The van der Waals surface area contributed by atoms with E-state index in [1.807, 2.05) is 7.05 Å². The minimum absolute atomic E-state index is 0.726. The van der Waals surface area contributed by atoms with Gasteiger partial charge in [-0.05, 0) is 51.7 Å². The van der Waals surface area contributed by atoms with Crippen molar-refractivity contribution in [3.63, 3.8) is 0 Å². The largest absolute Gasteiger partial charge is 0.319 e. The number of nitrogens with zero attached hydrogens (tertiary/aromatic N) is 2. The normalized spacial score (nSPS) is 20.3. The van der Waals surface area contributed by atoms with E-state index in [-0.39, 0.29) is 0 Å². The first-order valence-electron chi connectivity index (χ1n) is 7.31. The Hall–Kier alpha value is -0.900. The third-order valence-electron chi connectivity index (χ3n) is 4.13. The van der Waals surface area contributed by atoms with Crippen LogP contribution in [0.25, 0.3) is 0 Å². The third-order valence-corrected chi connectivity index (χ3v) is 4.13. The van der Waals surface area contributed by atoms with Crippen LogP contribution in [0.2, 0.25) is 0 Å². The van der Waals surface area contributed by atoms with Gasteiger partial charge in [-0.15, -0.1) is 0 Å². The Labute approximate surface area is 117 Å². The first-order chi connectivity index (χ1) is 9.20. The van der Waals surface area contributed by atoms with Crippen molar-refractivity contribution >= 4 is 0 Å². The van der Waals surface area contributed by atoms with E-state index in [1.54, 1.807) is 0 Å². The third kappa shape index (κ3) is 4.03. The summed E-state index contributed by atoms with van der Waals surface area (Å²) in [6, 6.07) is 9.60. The van der Waals surface area contributed by atoms with Crippen LogP contribution >= 0.6 is 0 Å². The fourth-order valence-corrected chi connectivity index (χ4v) is 2.83. The maximum atomic E-state index is 3.24. The van der Waals surface area contributed by atoms with Crippen LogP contribution in [0.15, 0.2) is 24.3 Å². The monoisotopic (exact) mass is 261 g/mol. The predicted molar refractivity (Wildman–Crippen MR) is 81.4 cm³/mol. The van der Waals surface area contributed by atoms with Crippen LogP contribution < -0.4 is 5.32 Å². The summed E-state index contributed by atoms with van der Waals surface area (Å²) in [5.41, 5.74) is 2.99. The van der Waals surface area contributed by atoms with Gasteiger partial charge in [0, 0.05) is 25.7 Å². The molecule has 1 fully saturated rings. The van der Waals surface area contributed by atoms with Gasteiger partial charge in [0.15, 0.2) is 0 Å². The maximum Gasteiger partial charge on any atom is 0.0237 e. The summed E-state index contributed by atoms with van der Waals surface area (Å²) in [6.45, 7) is 4.58. The standard InChI is InChI=1S/C16H27N3/c1-17-10-8-14-6-4-5-7-15(14)12-19-11-9-16(13-19)18(2)3/h4-7,16-17H,8-13H2,1-3H3. The second-order valence-electron chi connectivity index (χ2n) is 5.76. The molecule has 0 bridgehead atoms. The Morgan fingerprint density at radius 3 is 2.63 bits per heavy atom. The Morgan fingerprint density at radius 2 is 2.00 bits per heavy atom. The van der Waals surface area contributed by atoms with E-state index in [4.69, 9.17) is 0 Å². The quantitative estimate of drug-likeness (QED) is 0.839. The molecule has 0 aromatic heterocycles. The van der Waals surface area contributed by atoms with E-state index in [1.165, 1.54) is 30.6 Å². The van der Waals surface area contributed by atoms with Crippen LogP contribution in [0.4, 0.5) is 0 Å². The lowest BCUT2D eigenvalue weighted by molar-refractivity contribution is 0.264. The molecule has 0 radical (unpaired) electrons. The molecule has 1 aromatic carbocycles. The molecule has 1 saturated heterocycles.